The molecule has 0 aromatic rings. The second kappa shape index (κ2) is 7.75. The number of hydrogen-bond acceptors (Lipinski definition) is 3. The van der Waals surface area contributed by atoms with Crippen molar-refractivity contribution in [2.45, 2.75) is 42.6 Å². The normalized spacial score (nSPS) is 17.0. The van der Waals surface area contributed by atoms with Gasteiger partial charge in [-0.2, -0.15) is 0 Å². The van der Waals surface area contributed by atoms with Crippen molar-refractivity contribution >= 4 is 25.8 Å². The fourth-order valence-corrected chi connectivity index (χ4v) is 6.00. The molecular weight excluding hydrogens is 445 g/mol. The number of carbonyl (C=O) groups is 1. The molecule has 0 aliphatic carbocycles. The average Bonchev–Trinajstić information content (AvgIpc) is 2.32. The van der Waals surface area contributed by atoms with E-state index in [1.807, 2.05) is 0 Å². The zero-order chi connectivity index (χ0) is 18.8. The molecule has 0 fully saturated rings. The third-order valence-electron chi connectivity index (χ3n) is 3.57. The monoisotopic (exact) mass is 466 g/mol. The molecule has 0 aromatic carbocycles. The Labute approximate surface area is 138 Å². The van der Waals surface area contributed by atoms with Crippen molar-refractivity contribution in [2.75, 3.05) is 16.5 Å². The van der Waals surface area contributed by atoms with Gasteiger partial charge in [-0.25, -0.2) is 0 Å². The predicted octanol–water partition coefficient (Wildman–Crippen LogP) is 3.81. The van der Waals surface area contributed by atoms with E-state index in [1.54, 1.807) is 30.6 Å². The van der Waals surface area contributed by atoms with E-state index in [2.05, 4.69) is 4.74 Å². The van der Waals surface area contributed by atoms with Crippen LogP contribution in [0.2, 0.25) is 0 Å². The van der Waals surface area contributed by atoms with Crippen LogP contribution in [0.25, 0.3) is 0 Å². The van der Waals surface area contributed by atoms with Crippen molar-refractivity contribution in [3.63, 3.8) is 0 Å². The first-order valence-electron chi connectivity index (χ1n) is 6.57. The van der Waals surface area contributed by atoms with Gasteiger partial charge in [0.15, 0.2) is 0 Å². The Hall–Kier alpha value is -0.260. The van der Waals surface area contributed by atoms with E-state index in [0.29, 0.717) is 0 Å². The Morgan fingerprint density at radius 1 is 1.04 bits per heavy atom. The quantitative estimate of drug-likeness (QED) is 0.281. The summed E-state index contributed by atoms with van der Waals surface area (Å²) in [4.78, 5) is 15.5. The summed E-state index contributed by atoms with van der Waals surface area (Å²) in [6.07, 6.45) is -12.0. The maximum atomic E-state index is 12.5. The van der Waals surface area contributed by atoms with E-state index in [4.69, 9.17) is 5.11 Å². The van der Waals surface area contributed by atoms with E-state index in [9.17, 15) is 31.1 Å². The van der Waals surface area contributed by atoms with Gasteiger partial charge in [-0.05, 0) is 0 Å². The summed E-state index contributed by atoms with van der Waals surface area (Å²) < 4.78 is 78.8. The Morgan fingerprint density at radius 2 is 1.43 bits per heavy atom. The maximum absolute atomic E-state index is 12.5. The van der Waals surface area contributed by atoms with Gasteiger partial charge >= 0.3 is 138 Å². The first-order chi connectivity index (χ1) is 10.1. The molecule has 0 aromatic heterocycles. The molecule has 3 nitrogen and oxygen atoms in total. The molecule has 0 saturated carbocycles. The summed E-state index contributed by atoms with van der Waals surface area (Å²) in [6.45, 7) is 3.11. The molecule has 1 N–H and O–H groups in total. The fraction of sp³-hybridized carbons (Fsp3) is 0.923. The van der Waals surface area contributed by atoms with Gasteiger partial charge in [0.2, 0.25) is 0 Å². The Kier molecular flexibility index (Phi) is 7.66. The summed E-state index contributed by atoms with van der Waals surface area (Å²) in [5, 5.41) is 8.99. The van der Waals surface area contributed by atoms with Gasteiger partial charge in [-0.1, -0.05) is 0 Å². The predicted molar refractivity (Wildman–Crippen MR) is 81.7 cm³/mol. The zero-order valence-corrected chi connectivity index (χ0v) is 15.5. The second-order valence-corrected chi connectivity index (χ2v) is 11.8. The van der Waals surface area contributed by atoms with Crippen LogP contribution in [0.5, 0.6) is 0 Å². The van der Waals surface area contributed by atoms with Gasteiger partial charge in [0.05, 0.1) is 0 Å². The Morgan fingerprint density at radius 3 is 1.70 bits per heavy atom. The van der Waals surface area contributed by atoms with Crippen molar-refractivity contribution in [3.05, 3.63) is 0 Å². The van der Waals surface area contributed by atoms with E-state index >= 15 is 0 Å². The van der Waals surface area contributed by atoms with Crippen molar-refractivity contribution in [1.29, 1.82) is 0 Å². The number of alkyl halides is 9. The van der Waals surface area contributed by atoms with E-state index in [-0.39, 0.29) is 11.8 Å². The third kappa shape index (κ3) is 5.36. The molecule has 0 rings (SSSR count). The number of ether oxygens (including phenoxy) is 1. The average molecular weight is 466 g/mol. The van der Waals surface area contributed by atoms with Gasteiger partial charge in [0, 0.05) is 0 Å². The van der Waals surface area contributed by atoms with Crippen LogP contribution in [0, 0.1) is 11.8 Å². The zero-order valence-electron chi connectivity index (χ0n) is 13.3. The van der Waals surface area contributed by atoms with E-state index in [1.165, 1.54) is 0 Å². The topological polar surface area (TPSA) is 46.5 Å². The Bertz CT molecular complexity index is 391. The molecule has 0 bridgehead atoms. The Balaban J connectivity index is 5.29. The molecule has 2 unspecified atom stereocenters. The molecule has 0 heterocycles. The third-order valence-corrected chi connectivity index (χ3v) is 7.90. The molecule has 0 amide bonds. The molecule has 10 heteroatoms. The van der Waals surface area contributed by atoms with E-state index in [0.717, 1.165) is 0 Å². The number of halogens is 7. The molecule has 0 aliphatic heterocycles. The number of esters is 1. The van der Waals surface area contributed by atoms with Gasteiger partial charge in [-0.3, -0.25) is 0 Å². The minimum absolute atomic E-state index is 0.0105. The molecule has 0 spiro atoms. The summed E-state index contributed by atoms with van der Waals surface area (Å²) in [6, 6.07) is 0. The number of hydrogen-bond donors (Lipinski definition) is 1. The first-order valence-corrected chi connectivity index (χ1v) is 12.1. The number of aliphatic hydroxyl groups is 1. The van der Waals surface area contributed by atoms with Gasteiger partial charge in [0.25, 0.3) is 0 Å². The van der Waals surface area contributed by atoms with Crippen molar-refractivity contribution in [1.82, 2.24) is 0 Å². The van der Waals surface area contributed by atoms with Crippen LogP contribution in [-0.4, -0.2) is 49.4 Å². The van der Waals surface area contributed by atoms with Gasteiger partial charge < -0.3 is 0 Å². The van der Waals surface area contributed by atoms with Crippen LogP contribution >= 0.6 is 19.8 Å². The van der Waals surface area contributed by atoms with E-state index < -0.39 is 54.3 Å². The first kappa shape index (κ1) is 22.7. The van der Waals surface area contributed by atoms with Crippen LogP contribution < -0.4 is 0 Å². The van der Waals surface area contributed by atoms with Crippen LogP contribution in [0.15, 0.2) is 0 Å². The molecule has 2 atom stereocenters. The van der Waals surface area contributed by atoms with Crippen molar-refractivity contribution in [2.24, 2.45) is 11.8 Å². The molecular formula is C13H21F6IO3. The molecule has 23 heavy (non-hydrogen) atoms. The second-order valence-electron chi connectivity index (χ2n) is 5.78. The standard InChI is InChI=1S/C13H21F6IO3/c1-7(2)8(3)9(20(4)5)10(21)23-6-11(22,12(14,15)16)13(17,18)19/h7-9,22H,6H2,1-5H3. The van der Waals surface area contributed by atoms with Crippen molar-refractivity contribution < 1.29 is 41.0 Å². The number of carbonyl (C=O) groups excluding carboxylic acids is 1. The van der Waals surface area contributed by atoms with Crippen LogP contribution in [-0.2, 0) is 9.53 Å². The van der Waals surface area contributed by atoms with Crippen LogP contribution in [0.1, 0.15) is 20.8 Å². The summed E-state index contributed by atoms with van der Waals surface area (Å²) in [5.74, 6) is -1.35. The van der Waals surface area contributed by atoms with Gasteiger partial charge in [0.1, 0.15) is 0 Å². The molecule has 0 aliphatic rings. The SMILES string of the molecule is CC(C)C(C)C(C(=O)OCC(O)(C(F)(F)F)C(F)(F)F)I(C)C. The van der Waals surface area contributed by atoms with Crippen LogP contribution in [0.3, 0.4) is 0 Å². The van der Waals surface area contributed by atoms with Gasteiger partial charge in [-0.15, -0.1) is 0 Å². The fourth-order valence-electron chi connectivity index (χ4n) is 1.71. The summed E-state index contributed by atoms with van der Waals surface area (Å²) >= 11 is -1.93. The molecule has 0 radical (unpaired) electrons. The summed E-state index contributed by atoms with van der Waals surface area (Å²) in [5.41, 5.74) is -5.07. The van der Waals surface area contributed by atoms with Crippen molar-refractivity contribution in [3.8, 4) is 0 Å². The number of rotatable bonds is 6. The molecule has 140 valence electrons. The van der Waals surface area contributed by atoms with Crippen LogP contribution in [0.4, 0.5) is 26.3 Å². The summed E-state index contributed by atoms with van der Waals surface area (Å²) in [7, 11) is 0. The minimum atomic E-state index is -6.00. The molecule has 0 saturated heterocycles.